The van der Waals surface area contributed by atoms with Gasteiger partial charge in [-0.1, -0.05) is 12.1 Å². The number of hydrogen-bond acceptors (Lipinski definition) is 7. The van der Waals surface area contributed by atoms with Gasteiger partial charge in [0.1, 0.15) is 28.9 Å². The SMILES string of the molecule is COc1n[nH]c2cc(OCCNC[C@H](O)c3cccc(NS(=O)(=O)c4ccc(F)cc4F)c3)ccc12. The van der Waals surface area contributed by atoms with Crippen molar-refractivity contribution in [2.45, 2.75) is 11.0 Å². The molecule has 4 rings (SSSR count). The largest absolute Gasteiger partial charge is 0.492 e. The molecule has 0 saturated heterocycles. The number of aliphatic hydroxyl groups is 1. The van der Waals surface area contributed by atoms with Gasteiger partial charge in [0.05, 0.1) is 24.1 Å². The van der Waals surface area contributed by atoms with Gasteiger partial charge in [-0.05, 0) is 42.0 Å². The van der Waals surface area contributed by atoms with Crippen LogP contribution in [0.5, 0.6) is 11.6 Å². The van der Waals surface area contributed by atoms with Crippen molar-refractivity contribution in [3.05, 3.63) is 77.9 Å². The molecule has 36 heavy (non-hydrogen) atoms. The topological polar surface area (TPSA) is 126 Å². The Morgan fingerprint density at radius 3 is 2.72 bits per heavy atom. The Morgan fingerprint density at radius 1 is 1.11 bits per heavy atom. The predicted molar refractivity (Wildman–Crippen MR) is 130 cm³/mol. The number of benzene rings is 3. The molecule has 1 atom stereocenters. The van der Waals surface area contributed by atoms with E-state index in [0.717, 1.165) is 23.0 Å². The van der Waals surface area contributed by atoms with Crippen LogP contribution in [0.1, 0.15) is 11.7 Å². The quantitative estimate of drug-likeness (QED) is 0.224. The van der Waals surface area contributed by atoms with Gasteiger partial charge in [0.15, 0.2) is 0 Å². The van der Waals surface area contributed by atoms with Crippen LogP contribution in [-0.2, 0) is 10.0 Å². The van der Waals surface area contributed by atoms with Gasteiger partial charge in [0.25, 0.3) is 10.0 Å². The third kappa shape index (κ3) is 5.90. The van der Waals surface area contributed by atoms with E-state index in [0.29, 0.717) is 36.4 Å². The molecule has 0 radical (unpaired) electrons. The lowest BCUT2D eigenvalue weighted by atomic mass is 10.1. The van der Waals surface area contributed by atoms with Crippen molar-refractivity contribution in [2.24, 2.45) is 0 Å². The van der Waals surface area contributed by atoms with Crippen LogP contribution >= 0.6 is 0 Å². The summed E-state index contributed by atoms with van der Waals surface area (Å²) in [6.45, 7) is 0.965. The predicted octanol–water partition coefficient (Wildman–Crippen LogP) is 3.35. The maximum atomic E-state index is 13.9. The fraction of sp³-hybridized carbons (Fsp3) is 0.208. The Hall–Kier alpha value is -3.74. The van der Waals surface area contributed by atoms with E-state index >= 15 is 0 Å². The molecule has 12 heteroatoms. The number of aromatic nitrogens is 2. The fourth-order valence-electron chi connectivity index (χ4n) is 3.53. The highest BCUT2D eigenvalue weighted by Gasteiger charge is 2.20. The van der Waals surface area contributed by atoms with Crippen LogP contribution in [0.3, 0.4) is 0 Å². The van der Waals surface area contributed by atoms with Crippen molar-refractivity contribution in [1.29, 1.82) is 0 Å². The second kappa shape index (κ2) is 10.9. The van der Waals surface area contributed by atoms with Gasteiger partial charge >= 0.3 is 0 Å². The molecule has 1 heterocycles. The standard InChI is InChI=1S/C24H24F2N4O5S/c1-34-24-19-7-6-18(13-21(19)28-29-24)35-10-9-27-14-22(31)15-3-2-4-17(11-15)30-36(32,33)23-8-5-16(25)12-20(23)26/h2-8,11-13,22,27,30-31H,9-10,14H2,1H3,(H,28,29)/t22-/m0/s1. The molecule has 4 N–H and O–H groups in total. The van der Waals surface area contributed by atoms with Gasteiger partial charge in [-0.25, -0.2) is 17.2 Å². The molecule has 4 aromatic rings. The molecule has 9 nitrogen and oxygen atoms in total. The average molecular weight is 519 g/mol. The van der Waals surface area contributed by atoms with Crippen LogP contribution in [0.25, 0.3) is 10.9 Å². The summed E-state index contributed by atoms with van der Waals surface area (Å²) in [5.41, 5.74) is 1.36. The second-order valence-electron chi connectivity index (χ2n) is 7.81. The monoisotopic (exact) mass is 518 g/mol. The molecule has 0 aliphatic rings. The number of ether oxygens (including phenoxy) is 2. The summed E-state index contributed by atoms with van der Waals surface area (Å²) in [5, 5.41) is 21.3. The van der Waals surface area contributed by atoms with Crippen molar-refractivity contribution in [2.75, 3.05) is 31.5 Å². The van der Waals surface area contributed by atoms with E-state index < -0.39 is 32.7 Å². The number of fused-ring (bicyclic) bond motifs is 1. The van der Waals surface area contributed by atoms with E-state index in [4.69, 9.17) is 9.47 Å². The lowest BCUT2D eigenvalue weighted by molar-refractivity contribution is 0.172. The number of aliphatic hydroxyl groups excluding tert-OH is 1. The lowest BCUT2D eigenvalue weighted by Gasteiger charge is -2.15. The maximum absolute atomic E-state index is 13.9. The second-order valence-corrected chi connectivity index (χ2v) is 9.47. The summed E-state index contributed by atoms with van der Waals surface area (Å²) in [6.07, 6.45) is -0.939. The number of halogens is 2. The molecule has 0 fully saturated rings. The Bertz CT molecular complexity index is 1460. The van der Waals surface area contributed by atoms with E-state index in [2.05, 4.69) is 20.2 Å². The van der Waals surface area contributed by atoms with Gasteiger partial charge in [-0.2, -0.15) is 0 Å². The summed E-state index contributed by atoms with van der Waals surface area (Å²) < 4.78 is 65.1. The number of anilines is 1. The molecule has 0 aliphatic heterocycles. The summed E-state index contributed by atoms with van der Waals surface area (Å²) in [4.78, 5) is -0.678. The first-order valence-corrected chi connectivity index (χ1v) is 12.4. The number of nitrogens with one attached hydrogen (secondary N) is 3. The first-order valence-electron chi connectivity index (χ1n) is 10.9. The normalized spacial score (nSPS) is 12.4. The lowest BCUT2D eigenvalue weighted by Crippen LogP contribution is -2.26. The van der Waals surface area contributed by atoms with Gasteiger partial charge < -0.3 is 19.9 Å². The number of methoxy groups -OCH3 is 1. The van der Waals surface area contributed by atoms with Crippen molar-refractivity contribution < 1.29 is 31.8 Å². The van der Waals surface area contributed by atoms with E-state index in [1.54, 1.807) is 25.3 Å². The van der Waals surface area contributed by atoms with E-state index in [1.807, 2.05) is 12.1 Å². The number of H-pyrrole nitrogens is 1. The van der Waals surface area contributed by atoms with Gasteiger partial charge in [0.2, 0.25) is 5.88 Å². The van der Waals surface area contributed by atoms with Crippen LogP contribution in [0.2, 0.25) is 0 Å². The molecule has 0 aliphatic carbocycles. The van der Waals surface area contributed by atoms with E-state index in [9.17, 15) is 22.3 Å². The van der Waals surface area contributed by atoms with Crippen molar-refractivity contribution in [3.63, 3.8) is 0 Å². The van der Waals surface area contributed by atoms with Gasteiger partial charge in [-0.3, -0.25) is 9.82 Å². The Balaban J connectivity index is 1.28. The summed E-state index contributed by atoms with van der Waals surface area (Å²) in [5.74, 6) is -0.927. The van der Waals surface area contributed by atoms with Gasteiger partial charge in [-0.15, -0.1) is 5.10 Å². The van der Waals surface area contributed by atoms with Crippen molar-refractivity contribution in [3.8, 4) is 11.6 Å². The van der Waals surface area contributed by atoms with Crippen LogP contribution < -0.4 is 19.5 Å². The molecule has 0 unspecified atom stereocenters. The first kappa shape index (κ1) is 25.4. The summed E-state index contributed by atoms with van der Waals surface area (Å²) in [7, 11) is -2.74. The van der Waals surface area contributed by atoms with Crippen LogP contribution in [-0.4, -0.2) is 50.5 Å². The molecule has 190 valence electrons. The zero-order valence-corrected chi connectivity index (χ0v) is 20.0. The third-order valence-electron chi connectivity index (χ3n) is 5.29. The molecule has 0 spiro atoms. The number of rotatable bonds is 11. The van der Waals surface area contributed by atoms with Gasteiger partial charge in [0, 0.05) is 30.9 Å². The smallest absolute Gasteiger partial charge is 0.264 e. The Labute approximate surface area is 206 Å². The van der Waals surface area contributed by atoms with Crippen molar-refractivity contribution in [1.82, 2.24) is 15.5 Å². The third-order valence-corrected chi connectivity index (χ3v) is 6.70. The molecular weight excluding hydrogens is 494 g/mol. The molecule has 0 bridgehead atoms. The number of aromatic amines is 1. The highest BCUT2D eigenvalue weighted by atomic mass is 32.2. The summed E-state index contributed by atoms with van der Waals surface area (Å²) in [6, 6.07) is 13.8. The van der Waals surface area contributed by atoms with Crippen molar-refractivity contribution >= 4 is 26.6 Å². The molecule has 0 saturated carbocycles. The Kier molecular flexibility index (Phi) is 7.67. The molecule has 3 aromatic carbocycles. The molecule has 1 aromatic heterocycles. The first-order chi connectivity index (χ1) is 17.3. The van der Waals surface area contributed by atoms with E-state index in [-0.39, 0.29) is 12.2 Å². The highest BCUT2D eigenvalue weighted by molar-refractivity contribution is 7.92. The molecular formula is C24H24F2N4O5S. The minimum Gasteiger partial charge on any atom is -0.492 e. The number of nitrogens with zero attached hydrogens (tertiary/aromatic N) is 1. The maximum Gasteiger partial charge on any atom is 0.264 e. The highest BCUT2D eigenvalue weighted by Crippen LogP contribution is 2.26. The minimum absolute atomic E-state index is 0.129. The fourth-order valence-corrected chi connectivity index (χ4v) is 4.64. The minimum atomic E-state index is -4.29. The number of hydrogen-bond donors (Lipinski definition) is 4. The summed E-state index contributed by atoms with van der Waals surface area (Å²) >= 11 is 0. The Morgan fingerprint density at radius 2 is 1.94 bits per heavy atom. The molecule has 0 amide bonds. The van der Waals surface area contributed by atoms with Crippen LogP contribution in [0.15, 0.2) is 65.6 Å². The van der Waals surface area contributed by atoms with Crippen LogP contribution in [0, 0.1) is 11.6 Å². The zero-order valence-electron chi connectivity index (χ0n) is 19.2. The van der Waals surface area contributed by atoms with E-state index in [1.165, 1.54) is 12.1 Å². The van der Waals surface area contributed by atoms with Crippen LogP contribution in [0.4, 0.5) is 14.5 Å². The zero-order chi connectivity index (χ0) is 25.7. The number of sulfonamides is 1. The average Bonchev–Trinajstić information content (AvgIpc) is 3.25.